The van der Waals surface area contributed by atoms with Crippen molar-refractivity contribution >= 4 is 0 Å². The molecule has 1 aliphatic rings. The monoisotopic (exact) mass is 319 g/mol. The van der Waals surface area contributed by atoms with Crippen molar-refractivity contribution < 1.29 is 0 Å². The van der Waals surface area contributed by atoms with Crippen molar-refractivity contribution in [1.29, 1.82) is 0 Å². The van der Waals surface area contributed by atoms with Crippen LogP contribution in [0.1, 0.15) is 61.3 Å². The van der Waals surface area contributed by atoms with Gasteiger partial charge in [0, 0.05) is 12.0 Å². The molecule has 0 radical (unpaired) electrons. The van der Waals surface area contributed by atoms with Crippen LogP contribution in [0.25, 0.3) is 0 Å². The highest BCUT2D eigenvalue weighted by molar-refractivity contribution is 5.54. The molecule has 3 rings (SSSR count). The van der Waals surface area contributed by atoms with Gasteiger partial charge in [-0.2, -0.15) is 0 Å². The van der Waals surface area contributed by atoms with E-state index in [-0.39, 0.29) is 5.41 Å². The predicted molar refractivity (Wildman–Crippen MR) is 103 cm³/mol. The van der Waals surface area contributed by atoms with Crippen LogP contribution in [-0.4, -0.2) is 6.54 Å². The molecule has 0 bridgehead atoms. The number of unbranched alkanes of at least 4 members (excludes halogenated alkanes) is 3. The standard InChI is InChI=1S/C23H29N/c1-3-5-6-11-16-23(18-24-4-2)21-14-9-7-12-19(21)17-20-13-8-10-15-22(20)23/h4,7-10,12-15,24H,2-3,5-6,11,16-18H2,1H3. The minimum Gasteiger partial charge on any atom is -0.390 e. The third-order valence-corrected chi connectivity index (χ3v) is 5.45. The van der Waals surface area contributed by atoms with E-state index in [0.29, 0.717) is 0 Å². The molecule has 0 fully saturated rings. The van der Waals surface area contributed by atoms with Gasteiger partial charge in [-0.3, -0.25) is 0 Å². The third kappa shape index (κ3) is 3.13. The molecule has 0 atom stereocenters. The van der Waals surface area contributed by atoms with E-state index in [1.54, 1.807) is 0 Å². The summed E-state index contributed by atoms with van der Waals surface area (Å²) in [6.07, 6.45) is 9.29. The van der Waals surface area contributed by atoms with Crippen molar-refractivity contribution in [2.24, 2.45) is 0 Å². The van der Waals surface area contributed by atoms with Crippen LogP contribution in [-0.2, 0) is 11.8 Å². The molecule has 0 saturated carbocycles. The van der Waals surface area contributed by atoms with Crippen molar-refractivity contribution in [2.45, 2.75) is 50.9 Å². The Labute approximate surface area is 146 Å². The van der Waals surface area contributed by atoms with Crippen LogP contribution in [0.15, 0.2) is 61.3 Å². The lowest BCUT2D eigenvalue weighted by atomic mass is 9.64. The molecule has 1 heteroatoms. The van der Waals surface area contributed by atoms with Crippen molar-refractivity contribution in [1.82, 2.24) is 5.32 Å². The van der Waals surface area contributed by atoms with Crippen LogP contribution in [0, 0.1) is 0 Å². The van der Waals surface area contributed by atoms with Crippen molar-refractivity contribution in [3.05, 3.63) is 83.6 Å². The molecule has 2 aromatic carbocycles. The quantitative estimate of drug-likeness (QED) is 0.626. The minimum atomic E-state index is 0.0629. The molecule has 0 unspecified atom stereocenters. The van der Waals surface area contributed by atoms with E-state index < -0.39 is 0 Å². The Morgan fingerprint density at radius 3 is 2.17 bits per heavy atom. The van der Waals surface area contributed by atoms with E-state index in [0.717, 1.165) is 13.0 Å². The minimum absolute atomic E-state index is 0.0629. The zero-order valence-corrected chi connectivity index (χ0v) is 14.9. The average molecular weight is 319 g/mol. The topological polar surface area (TPSA) is 12.0 Å². The molecule has 0 aliphatic heterocycles. The number of hydrogen-bond donors (Lipinski definition) is 1. The summed E-state index contributed by atoms with van der Waals surface area (Å²) in [6.45, 7) is 7.09. The molecule has 24 heavy (non-hydrogen) atoms. The zero-order valence-electron chi connectivity index (χ0n) is 14.9. The maximum absolute atomic E-state index is 3.89. The normalized spacial score (nSPS) is 14.5. The number of nitrogens with one attached hydrogen (secondary N) is 1. The van der Waals surface area contributed by atoms with Gasteiger partial charge in [0.15, 0.2) is 0 Å². The molecular formula is C23H29N. The first kappa shape index (κ1) is 16.8. The fraction of sp³-hybridized carbons (Fsp3) is 0.391. The number of benzene rings is 2. The summed E-state index contributed by atoms with van der Waals surface area (Å²) in [7, 11) is 0. The molecular weight excluding hydrogens is 290 g/mol. The molecule has 0 spiro atoms. The van der Waals surface area contributed by atoms with E-state index in [1.807, 2.05) is 6.20 Å². The van der Waals surface area contributed by atoms with Gasteiger partial charge in [-0.25, -0.2) is 0 Å². The van der Waals surface area contributed by atoms with Crippen LogP contribution in [0.2, 0.25) is 0 Å². The smallest absolute Gasteiger partial charge is 0.0380 e. The molecule has 0 heterocycles. The number of fused-ring (bicyclic) bond motifs is 2. The van der Waals surface area contributed by atoms with Crippen molar-refractivity contribution in [2.75, 3.05) is 6.54 Å². The SMILES string of the molecule is C=CNCC1(CCCCCC)c2ccccc2Cc2ccccc21. The van der Waals surface area contributed by atoms with Crippen LogP contribution < -0.4 is 5.32 Å². The Balaban J connectivity index is 2.05. The predicted octanol–water partition coefficient (Wildman–Crippen LogP) is 5.58. The summed E-state index contributed by atoms with van der Waals surface area (Å²) in [5.74, 6) is 0. The number of hydrogen-bond acceptors (Lipinski definition) is 1. The summed E-state index contributed by atoms with van der Waals surface area (Å²) in [4.78, 5) is 0. The molecule has 1 nitrogen and oxygen atoms in total. The van der Waals surface area contributed by atoms with Gasteiger partial charge in [0.2, 0.25) is 0 Å². The first-order valence-electron chi connectivity index (χ1n) is 9.33. The fourth-order valence-electron chi connectivity index (χ4n) is 4.28. The van der Waals surface area contributed by atoms with Crippen molar-refractivity contribution in [3.8, 4) is 0 Å². The second-order valence-corrected chi connectivity index (χ2v) is 6.97. The van der Waals surface area contributed by atoms with E-state index in [1.165, 1.54) is 54.4 Å². The van der Waals surface area contributed by atoms with Gasteiger partial charge in [-0.05, 0) is 41.3 Å². The third-order valence-electron chi connectivity index (χ3n) is 5.45. The van der Waals surface area contributed by atoms with Crippen LogP contribution in [0.4, 0.5) is 0 Å². The van der Waals surface area contributed by atoms with E-state index >= 15 is 0 Å². The molecule has 126 valence electrons. The lowest BCUT2D eigenvalue weighted by molar-refractivity contribution is 0.419. The first-order valence-corrected chi connectivity index (χ1v) is 9.33. The van der Waals surface area contributed by atoms with Gasteiger partial charge in [0.25, 0.3) is 0 Å². The van der Waals surface area contributed by atoms with E-state index in [4.69, 9.17) is 0 Å². The Bertz CT molecular complexity index is 640. The fourth-order valence-corrected chi connectivity index (χ4v) is 4.28. The maximum Gasteiger partial charge on any atom is 0.0380 e. The largest absolute Gasteiger partial charge is 0.390 e. The van der Waals surface area contributed by atoms with Crippen LogP contribution in [0.5, 0.6) is 0 Å². The highest BCUT2D eigenvalue weighted by atomic mass is 14.8. The second-order valence-electron chi connectivity index (χ2n) is 6.97. The summed E-state index contributed by atoms with van der Waals surface area (Å²) in [5.41, 5.74) is 6.05. The summed E-state index contributed by atoms with van der Waals surface area (Å²) >= 11 is 0. The Kier molecular flexibility index (Phi) is 5.40. The number of rotatable bonds is 8. The highest BCUT2D eigenvalue weighted by Crippen LogP contribution is 2.44. The Morgan fingerprint density at radius 1 is 0.958 bits per heavy atom. The van der Waals surface area contributed by atoms with Gasteiger partial charge in [0.1, 0.15) is 0 Å². The lowest BCUT2D eigenvalue weighted by Crippen LogP contribution is -2.41. The Hall–Kier alpha value is -2.02. The summed E-state index contributed by atoms with van der Waals surface area (Å²) in [5, 5.41) is 3.45. The molecule has 2 aromatic rings. The van der Waals surface area contributed by atoms with Gasteiger partial charge in [-0.15, -0.1) is 0 Å². The molecule has 0 amide bonds. The maximum atomic E-state index is 3.89. The first-order chi connectivity index (χ1) is 11.8. The van der Waals surface area contributed by atoms with E-state index in [2.05, 4.69) is 67.4 Å². The van der Waals surface area contributed by atoms with E-state index in [9.17, 15) is 0 Å². The molecule has 1 aliphatic carbocycles. The van der Waals surface area contributed by atoms with Gasteiger partial charge < -0.3 is 5.32 Å². The van der Waals surface area contributed by atoms with Crippen LogP contribution >= 0.6 is 0 Å². The molecule has 0 aromatic heterocycles. The summed E-state index contributed by atoms with van der Waals surface area (Å²) < 4.78 is 0. The average Bonchev–Trinajstić information content (AvgIpc) is 2.63. The highest BCUT2D eigenvalue weighted by Gasteiger charge is 2.39. The van der Waals surface area contributed by atoms with Gasteiger partial charge in [-0.1, -0.05) is 87.7 Å². The zero-order chi connectivity index (χ0) is 16.8. The molecule has 1 N–H and O–H groups in total. The van der Waals surface area contributed by atoms with Crippen LogP contribution in [0.3, 0.4) is 0 Å². The Morgan fingerprint density at radius 2 is 1.58 bits per heavy atom. The van der Waals surface area contributed by atoms with Gasteiger partial charge in [0.05, 0.1) is 0 Å². The lowest BCUT2D eigenvalue weighted by Gasteiger charge is -2.41. The second kappa shape index (κ2) is 7.70. The van der Waals surface area contributed by atoms with Crippen molar-refractivity contribution in [3.63, 3.8) is 0 Å². The van der Waals surface area contributed by atoms with Gasteiger partial charge >= 0.3 is 0 Å². The molecule has 0 saturated heterocycles. The summed E-state index contributed by atoms with van der Waals surface area (Å²) in [6, 6.07) is 18.0.